The van der Waals surface area contributed by atoms with Crippen LogP contribution in [0, 0.1) is 13.8 Å². The van der Waals surface area contributed by atoms with Crippen molar-refractivity contribution in [1.29, 1.82) is 0 Å². The van der Waals surface area contributed by atoms with Crippen LogP contribution in [0.5, 0.6) is 0 Å². The molecule has 1 aromatic carbocycles. The predicted octanol–water partition coefficient (Wildman–Crippen LogP) is 7.83. The highest BCUT2D eigenvalue weighted by Crippen LogP contribution is 2.49. The fraction of sp³-hybridized carbons (Fsp3) is 0.345. The van der Waals surface area contributed by atoms with Crippen LogP contribution in [-0.4, -0.2) is 32.2 Å². The molecule has 5 aromatic rings. The molecule has 188 valence electrons. The SMILES string of the molecule is Cc1nc(C)c(-c2ccc3c4c(ccc3n2)-c2c(C3CCCCC3)c3sc(C(=O)O)cc3n2CCN4)s1. The summed E-state index contributed by atoms with van der Waals surface area (Å²) in [5, 5.41) is 15.6. The molecule has 0 amide bonds. The highest BCUT2D eigenvalue weighted by atomic mass is 32.1. The van der Waals surface area contributed by atoms with Gasteiger partial charge in [0, 0.05) is 24.0 Å². The molecule has 0 saturated heterocycles. The number of nitrogens with one attached hydrogen (secondary N) is 1. The van der Waals surface area contributed by atoms with E-state index in [0.29, 0.717) is 10.8 Å². The summed E-state index contributed by atoms with van der Waals surface area (Å²) < 4.78 is 3.54. The van der Waals surface area contributed by atoms with E-state index in [9.17, 15) is 9.90 Å². The number of nitrogens with zero attached hydrogens (tertiary/aromatic N) is 3. The highest BCUT2D eigenvalue weighted by molar-refractivity contribution is 7.21. The lowest BCUT2D eigenvalue weighted by molar-refractivity contribution is 0.0702. The van der Waals surface area contributed by atoms with E-state index in [4.69, 9.17) is 4.98 Å². The maximum absolute atomic E-state index is 11.9. The largest absolute Gasteiger partial charge is 0.477 e. The maximum Gasteiger partial charge on any atom is 0.345 e. The zero-order chi connectivity index (χ0) is 25.3. The fourth-order valence-corrected chi connectivity index (χ4v) is 8.34. The van der Waals surface area contributed by atoms with Gasteiger partial charge in [-0.25, -0.2) is 14.8 Å². The molecule has 2 aliphatic rings. The van der Waals surface area contributed by atoms with Gasteiger partial charge < -0.3 is 15.0 Å². The number of hydrogen-bond acceptors (Lipinski definition) is 6. The first-order chi connectivity index (χ1) is 18.0. The molecule has 1 aliphatic heterocycles. The molecule has 0 bridgehead atoms. The summed E-state index contributed by atoms with van der Waals surface area (Å²) in [5.41, 5.74) is 9.00. The molecule has 4 aromatic heterocycles. The molecule has 0 atom stereocenters. The number of hydrogen-bond donors (Lipinski definition) is 2. The molecule has 2 N–H and O–H groups in total. The number of anilines is 1. The second kappa shape index (κ2) is 8.67. The Morgan fingerprint density at radius 3 is 2.68 bits per heavy atom. The lowest BCUT2D eigenvalue weighted by atomic mass is 9.83. The molecule has 1 saturated carbocycles. The summed E-state index contributed by atoms with van der Waals surface area (Å²) in [7, 11) is 0. The minimum absolute atomic E-state index is 0.429. The van der Waals surface area contributed by atoms with Gasteiger partial charge in [-0.3, -0.25) is 0 Å². The minimum Gasteiger partial charge on any atom is -0.477 e. The van der Waals surface area contributed by atoms with Gasteiger partial charge in [0.05, 0.1) is 48.4 Å². The van der Waals surface area contributed by atoms with Crippen LogP contribution in [0.25, 0.3) is 42.9 Å². The smallest absolute Gasteiger partial charge is 0.345 e. The van der Waals surface area contributed by atoms with Gasteiger partial charge in [0.1, 0.15) is 4.88 Å². The number of thiazole rings is 1. The monoisotopic (exact) mass is 528 g/mol. The molecular formula is C29H28N4O2S2. The number of fused-ring (bicyclic) bond motifs is 7. The second-order valence-corrected chi connectivity index (χ2v) is 12.5. The van der Waals surface area contributed by atoms with Crippen LogP contribution < -0.4 is 5.32 Å². The number of benzene rings is 1. The Kier molecular flexibility index (Phi) is 5.37. The van der Waals surface area contributed by atoms with Crippen LogP contribution in [0.2, 0.25) is 0 Å². The quantitative estimate of drug-likeness (QED) is 0.249. The normalized spacial score (nSPS) is 15.9. The average Bonchev–Trinajstić information content (AvgIpc) is 3.52. The molecule has 5 heterocycles. The Morgan fingerprint density at radius 1 is 1.08 bits per heavy atom. The van der Waals surface area contributed by atoms with E-state index in [1.807, 2.05) is 19.9 Å². The molecule has 37 heavy (non-hydrogen) atoms. The molecule has 0 unspecified atom stereocenters. The molecule has 1 aliphatic carbocycles. The number of aryl methyl sites for hydroxylation is 2. The number of rotatable bonds is 3. The summed E-state index contributed by atoms with van der Waals surface area (Å²) in [6.07, 6.45) is 6.10. The Labute approximate surface area is 223 Å². The van der Waals surface area contributed by atoms with Crippen molar-refractivity contribution in [2.24, 2.45) is 0 Å². The van der Waals surface area contributed by atoms with Crippen molar-refractivity contribution in [1.82, 2.24) is 14.5 Å². The van der Waals surface area contributed by atoms with Gasteiger partial charge in [0.2, 0.25) is 0 Å². The van der Waals surface area contributed by atoms with Crippen LogP contribution in [0.1, 0.15) is 64.0 Å². The van der Waals surface area contributed by atoms with Crippen molar-refractivity contribution >= 4 is 55.4 Å². The topological polar surface area (TPSA) is 80.0 Å². The van der Waals surface area contributed by atoms with E-state index in [0.717, 1.165) is 61.2 Å². The lowest BCUT2D eigenvalue weighted by Crippen LogP contribution is -2.08. The molecular weight excluding hydrogens is 500 g/mol. The number of thiophene rings is 1. The van der Waals surface area contributed by atoms with Crippen LogP contribution in [0.3, 0.4) is 0 Å². The standard InChI is InChI=1S/C29H28N4O2S2/c1-15-27(36-16(2)31-15)21-11-8-18-20(32-21)10-9-19-25(18)30-12-13-33-22-14-23(29(34)35)37-28(22)24(26(19)33)17-6-4-3-5-7-17/h8-11,14,17,30H,3-7,12-13H2,1-2H3,(H,34,35). The second-order valence-electron chi connectivity index (χ2n) is 10.2. The van der Waals surface area contributed by atoms with Crippen molar-refractivity contribution in [3.63, 3.8) is 0 Å². The number of carboxylic acid groups (broad SMARTS) is 1. The van der Waals surface area contributed by atoms with Gasteiger partial charge in [0.25, 0.3) is 0 Å². The van der Waals surface area contributed by atoms with Crippen molar-refractivity contribution in [3.8, 4) is 21.8 Å². The summed E-state index contributed by atoms with van der Waals surface area (Å²) in [6.45, 7) is 5.66. The molecule has 7 rings (SSSR count). The molecule has 8 heteroatoms. The first kappa shape index (κ1) is 22.9. The molecule has 1 fully saturated rings. The van der Waals surface area contributed by atoms with Crippen molar-refractivity contribution < 1.29 is 9.90 Å². The zero-order valence-corrected chi connectivity index (χ0v) is 22.6. The number of pyridine rings is 1. The number of carboxylic acids is 1. The fourth-order valence-electron chi connectivity index (χ4n) is 6.33. The predicted molar refractivity (Wildman–Crippen MR) is 152 cm³/mol. The van der Waals surface area contributed by atoms with Crippen molar-refractivity contribution in [3.05, 3.63) is 51.5 Å². The number of aromatic nitrogens is 3. The van der Waals surface area contributed by atoms with Crippen LogP contribution in [-0.2, 0) is 6.54 Å². The molecule has 0 radical (unpaired) electrons. The van der Waals surface area contributed by atoms with E-state index in [2.05, 4.69) is 39.1 Å². The van der Waals surface area contributed by atoms with Crippen LogP contribution >= 0.6 is 22.7 Å². The van der Waals surface area contributed by atoms with Crippen LogP contribution in [0.15, 0.2) is 30.3 Å². The summed E-state index contributed by atoms with van der Waals surface area (Å²) in [5.74, 6) is -0.371. The Morgan fingerprint density at radius 2 is 1.92 bits per heavy atom. The summed E-state index contributed by atoms with van der Waals surface area (Å²) in [6, 6.07) is 10.6. The zero-order valence-electron chi connectivity index (χ0n) is 20.9. The maximum atomic E-state index is 11.9. The third-order valence-electron chi connectivity index (χ3n) is 7.90. The minimum atomic E-state index is -0.837. The van der Waals surface area contributed by atoms with Gasteiger partial charge in [0.15, 0.2) is 0 Å². The number of aromatic carboxylic acids is 1. The van der Waals surface area contributed by atoms with E-state index in [1.165, 1.54) is 60.3 Å². The van der Waals surface area contributed by atoms with Crippen molar-refractivity contribution in [2.75, 3.05) is 11.9 Å². The average molecular weight is 529 g/mol. The van der Waals surface area contributed by atoms with E-state index in [-0.39, 0.29) is 0 Å². The van der Waals surface area contributed by atoms with Crippen LogP contribution in [0.4, 0.5) is 5.69 Å². The Hall–Kier alpha value is -3.23. The Balaban J connectivity index is 1.45. The Bertz CT molecular complexity index is 1700. The summed E-state index contributed by atoms with van der Waals surface area (Å²) in [4.78, 5) is 23.1. The molecule has 0 spiro atoms. The third-order valence-corrected chi connectivity index (χ3v) is 10.1. The van der Waals surface area contributed by atoms with E-state index >= 15 is 0 Å². The van der Waals surface area contributed by atoms with E-state index < -0.39 is 5.97 Å². The highest BCUT2D eigenvalue weighted by Gasteiger charge is 2.31. The van der Waals surface area contributed by atoms with Gasteiger partial charge in [-0.15, -0.1) is 22.7 Å². The third kappa shape index (κ3) is 3.61. The van der Waals surface area contributed by atoms with Gasteiger partial charge in [-0.1, -0.05) is 19.3 Å². The van der Waals surface area contributed by atoms with Gasteiger partial charge in [-0.05, 0) is 68.5 Å². The van der Waals surface area contributed by atoms with Crippen molar-refractivity contribution in [2.45, 2.75) is 58.4 Å². The summed E-state index contributed by atoms with van der Waals surface area (Å²) >= 11 is 3.14. The first-order valence-corrected chi connectivity index (χ1v) is 14.6. The van der Waals surface area contributed by atoms with Gasteiger partial charge in [-0.2, -0.15) is 0 Å². The number of carbonyl (C=O) groups is 1. The van der Waals surface area contributed by atoms with E-state index in [1.54, 1.807) is 11.3 Å². The molecule has 6 nitrogen and oxygen atoms in total. The lowest BCUT2D eigenvalue weighted by Gasteiger charge is -2.23. The first-order valence-electron chi connectivity index (χ1n) is 13.0. The van der Waals surface area contributed by atoms with Gasteiger partial charge >= 0.3 is 5.97 Å².